The van der Waals surface area contributed by atoms with Crippen LogP contribution in [0, 0.1) is 0 Å². The third kappa shape index (κ3) is 5.90. The van der Waals surface area contributed by atoms with E-state index in [0.29, 0.717) is 17.8 Å². The van der Waals surface area contributed by atoms with Gasteiger partial charge in [0.25, 0.3) is 0 Å². The van der Waals surface area contributed by atoms with E-state index in [4.69, 9.17) is 0 Å². The SMILES string of the molecule is CC(=O)/C1=C(\O)CCCCCCCCCCC1. The fourth-order valence-electron chi connectivity index (χ4n) is 2.51. The summed E-state index contributed by atoms with van der Waals surface area (Å²) in [6.45, 7) is 1.57. The number of carbonyl (C=O) groups excluding carboxylic acids is 1. The number of hydrogen-bond acceptors (Lipinski definition) is 2. The number of ketones is 1. The van der Waals surface area contributed by atoms with Crippen molar-refractivity contribution >= 4 is 5.78 Å². The highest BCUT2D eigenvalue weighted by atomic mass is 16.3. The predicted molar refractivity (Wildman–Crippen MR) is 71.1 cm³/mol. The van der Waals surface area contributed by atoms with Crippen molar-refractivity contribution in [2.75, 3.05) is 0 Å². The first-order valence-electron chi connectivity index (χ1n) is 7.13. The van der Waals surface area contributed by atoms with Gasteiger partial charge >= 0.3 is 0 Å². The molecule has 0 spiro atoms. The van der Waals surface area contributed by atoms with Crippen molar-refractivity contribution in [3.8, 4) is 0 Å². The Morgan fingerprint density at radius 1 is 0.824 bits per heavy atom. The Morgan fingerprint density at radius 3 is 1.71 bits per heavy atom. The van der Waals surface area contributed by atoms with Gasteiger partial charge in [-0.05, 0) is 26.2 Å². The Hall–Kier alpha value is -0.790. The number of aliphatic hydroxyl groups is 1. The minimum absolute atomic E-state index is 0.0531. The molecule has 2 heteroatoms. The highest BCUT2D eigenvalue weighted by Gasteiger charge is 2.11. The summed E-state index contributed by atoms with van der Waals surface area (Å²) in [6, 6.07) is 0. The second-order valence-corrected chi connectivity index (χ2v) is 5.16. The largest absolute Gasteiger partial charge is 0.512 e. The van der Waals surface area contributed by atoms with E-state index in [0.717, 1.165) is 19.3 Å². The number of allylic oxidation sites excluding steroid dienone is 2. The van der Waals surface area contributed by atoms with Gasteiger partial charge in [-0.2, -0.15) is 0 Å². The summed E-state index contributed by atoms with van der Waals surface area (Å²) >= 11 is 0. The normalized spacial score (nSPS) is 25.5. The van der Waals surface area contributed by atoms with Crippen LogP contribution in [-0.4, -0.2) is 10.9 Å². The summed E-state index contributed by atoms with van der Waals surface area (Å²) in [6.07, 6.45) is 12.4. The zero-order chi connectivity index (χ0) is 12.5. The molecular weight excluding hydrogens is 212 g/mol. The Bertz CT molecular complexity index is 266. The fraction of sp³-hybridized carbons (Fsp3) is 0.800. The summed E-state index contributed by atoms with van der Waals surface area (Å²) in [5.41, 5.74) is 0.684. The van der Waals surface area contributed by atoms with E-state index in [9.17, 15) is 9.90 Å². The van der Waals surface area contributed by atoms with Crippen LogP contribution in [0.4, 0.5) is 0 Å². The first-order valence-corrected chi connectivity index (χ1v) is 7.13. The molecule has 2 nitrogen and oxygen atoms in total. The van der Waals surface area contributed by atoms with Crippen LogP contribution >= 0.6 is 0 Å². The lowest BCUT2D eigenvalue weighted by Crippen LogP contribution is -2.02. The molecule has 0 fully saturated rings. The Morgan fingerprint density at radius 2 is 1.24 bits per heavy atom. The Labute approximate surface area is 105 Å². The molecule has 0 unspecified atom stereocenters. The van der Waals surface area contributed by atoms with Gasteiger partial charge in [0.1, 0.15) is 0 Å². The molecule has 0 aliphatic heterocycles. The number of aliphatic hydroxyl groups excluding tert-OH is 1. The molecule has 0 radical (unpaired) electrons. The highest BCUT2D eigenvalue weighted by molar-refractivity contribution is 5.93. The lowest BCUT2D eigenvalue weighted by molar-refractivity contribution is -0.114. The average Bonchev–Trinajstić information content (AvgIpc) is 2.30. The van der Waals surface area contributed by atoms with E-state index >= 15 is 0 Å². The van der Waals surface area contributed by atoms with Crippen molar-refractivity contribution in [2.45, 2.75) is 77.6 Å². The van der Waals surface area contributed by atoms with Crippen LogP contribution in [-0.2, 0) is 4.79 Å². The Balaban J connectivity index is 2.56. The van der Waals surface area contributed by atoms with Crippen LogP contribution in [0.2, 0.25) is 0 Å². The summed E-state index contributed by atoms with van der Waals surface area (Å²) in [7, 11) is 0. The predicted octanol–water partition coefficient (Wildman–Crippen LogP) is 4.69. The molecule has 0 saturated heterocycles. The lowest BCUT2D eigenvalue weighted by Gasteiger charge is -2.07. The zero-order valence-corrected chi connectivity index (χ0v) is 11.1. The van der Waals surface area contributed by atoms with Gasteiger partial charge in [-0.3, -0.25) is 4.79 Å². The molecule has 1 N–H and O–H groups in total. The Kier molecular flexibility index (Phi) is 6.99. The van der Waals surface area contributed by atoms with E-state index in [2.05, 4.69) is 0 Å². The summed E-state index contributed by atoms with van der Waals surface area (Å²) in [4.78, 5) is 11.5. The van der Waals surface area contributed by atoms with Crippen molar-refractivity contribution in [3.63, 3.8) is 0 Å². The van der Waals surface area contributed by atoms with Gasteiger partial charge in [-0.1, -0.05) is 44.9 Å². The lowest BCUT2D eigenvalue weighted by atomic mass is 10.0. The fourth-order valence-corrected chi connectivity index (χ4v) is 2.51. The van der Waals surface area contributed by atoms with Gasteiger partial charge in [0.2, 0.25) is 0 Å². The molecule has 17 heavy (non-hydrogen) atoms. The second-order valence-electron chi connectivity index (χ2n) is 5.16. The van der Waals surface area contributed by atoms with E-state index < -0.39 is 0 Å². The summed E-state index contributed by atoms with van der Waals surface area (Å²) < 4.78 is 0. The van der Waals surface area contributed by atoms with Gasteiger partial charge < -0.3 is 5.11 Å². The van der Waals surface area contributed by atoms with Gasteiger partial charge in [-0.25, -0.2) is 0 Å². The third-order valence-corrected chi connectivity index (χ3v) is 3.61. The van der Waals surface area contributed by atoms with Gasteiger partial charge in [-0.15, -0.1) is 0 Å². The number of rotatable bonds is 1. The van der Waals surface area contributed by atoms with Gasteiger partial charge in [0.05, 0.1) is 5.76 Å². The molecule has 0 aromatic rings. The van der Waals surface area contributed by atoms with Crippen LogP contribution < -0.4 is 0 Å². The number of Topliss-reactive ketones (excluding diaryl/α,β-unsaturated/α-hetero) is 1. The first kappa shape index (κ1) is 14.3. The molecule has 0 aromatic carbocycles. The third-order valence-electron chi connectivity index (χ3n) is 3.61. The van der Waals surface area contributed by atoms with E-state index in [1.165, 1.54) is 44.9 Å². The summed E-state index contributed by atoms with van der Waals surface area (Å²) in [5.74, 6) is 0.411. The van der Waals surface area contributed by atoms with Crippen molar-refractivity contribution in [1.82, 2.24) is 0 Å². The number of hydrogen-bond donors (Lipinski definition) is 1. The van der Waals surface area contributed by atoms with Crippen molar-refractivity contribution < 1.29 is 9.90 Å². The average molecular weight is 238 g/mol. The molecule has 1 aliphatic carbocycles. The quantitative estimate of drug-likeness (QED) is 0.719. The maximum Gasteiger partial charge on any atom is 0.159 e. The molecule has 0 bridgehead atoms. The summed E-state index contributed by atoms with van der Waals surface area (Å²) in [5, 5.41) is 9.95. The number of carbonyl (C=O) groups is 1. The zero-order valence-electron chi connectivity index (χ0n) is 11.1. The molecule has 0 atom stereocenters. The highest BCUT2D eigenvalue weighted by Crippen LogP contribution is 2.20. The molecule has 1 rings (SSSR count). The molecule has 0 heterocycles. The smallest absolute Gasteiger partial charge is 0.159 e. The van der Waals surface area contributed by atoms with Crippen molar-refractivity contribution in [2.24, 2.45) is 0 Å². The molecule has 0 saturated carbocycles. The topological polar surface area (TPSA) is 37.3 Å². The minimum atomic E-state index is 0.0531. The van der Waals surface area contributed by atoms with Crippen LogP contribution in [0.3, 0.4) is 0 Å². The van der Waals surface area contributed by atoms with Crippen molar-refractivity contribution in [3.05, 3.63) is 11.3 Å². The van der Waals surface area contributed by atoms with Gasteiger partial charge in [0, 0.05) is 12.0 Å². The molecule has 1 aliphatic rings. The second kappa shape index (κ2) is 8.32. The van der Waals surface area contributed by atoms with Crippen LogP contribution in [0.5, 0.6) is 0 Å². The standard InChI is InChI=1S/C15H26O2/c1-13(16)14-11-9-7-5-3-2-4-6-8-10-12-15(14)17/h17H,2-12H2,1H3/b15-14-. The first-order chi connectivity index (χ1) is 8.22. The molecule has 0 amide bonds. The van der Waals surface area contributed by atoms with Crippen LogP contribution in [0.25, 0.3) is 0 Å². The van der Waals surface area contributed by atoms with Crippen LogP contribution in [0.1, 0.15) is 77.6 Å². The van der Waals surface area contributed by atoms with Crippen molar-refractivity contribution in [1.29, 1.82) is 0 Å². The van der Waals surface area contributed by atoms with E-state index in [-0.39, 0.29) is 5.78 Å². The molecule has 98 valence electrons. The van der Waals surface area contributed by atoms with Gasteiger partial charge in [0.15, 0.2) is 5.78 Å². The monoisotopic (exact) mass is 238 g/mol. The van der Waals surface area contributed by atoms with E-state index in [1.807, 2.05) is 0 Å². The van der Waals surface area contributed by atoms with Crippen LogP contribution in [0.15, 0.2) is 11.3 Å². The maximum absolute atomic E-state index is 11.5. The van der Waals surface area contributed by atoms with E-state index in [1.54, 1.807) is 6.92 Å². The minimum Gasteiger partial charge on any atom is -0.512 e. The molecule has 0 aromatic heterocycles. The molecular formula is C15H26O2. The maximum atomic E-state index is 11.5.